The Labute approximate surface area is 147 Å². The number of alkyl halides is 3. The number of benzene rings is 1. The lowest BCUT2D eigenvalue weighted by Crippen LogP contribution is -2.47. The van der Waals surface area contributed by atoms with Gasteiger partial charge in [0.2, 0.25) is 10.0 Å². The van der Waals surface area contributed by atoms with Crippen LogP contribution in [0.2, 0.25) is 0 Å². The number of nitrogens with one attached hydrogen (secondary N) is 1. The highest BCUT2D eigenvalue weighted by atomic mass is 32.2. The van der Waals surface area contributed by atoms with Crippen LogP contribution in [0.4, 0.5) is 18.9 Å². The van der Waals surface area contributed by atoms with Crippen LogP contribution < -0.4 is 4.72 Å². The van der Waals surface area contributed by atoms with E-state index in [1.165, 1.54) is 31.3 Å². The van der Waals surface area contributed by atoms with E-state index in [2.05, 4.69) is 4.98 Å². The van der Waals surface area contributed by atoms with Crippen LogP contribution in [0.1, 0.15) is 11.3 Å². The predicted octanol–water partition coefficient (Wildman–Crippen LogP) is 2.75. The summed E-state index contributed by atoms with van der Waals surface area (Å²) in [6.07, 6.45) is -4.29. The molecule has 0 amide bonds. The fraction of sp³-hybridized carbons (Fsp3) is 0.267. The van der Waals surface area contributed by atoms with Crippen LogP contribution >= 0.6 is 0 Å². The van der Waals surface area contributed by atoms with Gasteiger partial charge in [-0.2, -0.15) is 17.9 Å². The summed E-state index contributed by atoms with van der Waals surface area (Å²) in [6.45, 7) is 1.33. The van der Waals surface area contributed by atoms with Crippen LogP contribution in [0.15, 0.2) is 47.5 Å². The number of nitro benzene ring substituents is 1. The Kier molecular flexibility index (Phi) is 5.62. The minimum Gasteiger partial charge on any atom is -0.261 e. The summed E-state index contributed by atoms with van der Waals surface area (Å²) >= 11 is 0. The molecule has 1 heterocycles. The quantitative estimate of drug-likeness (QED) is 0.605. The summed E-state index contributed by atoms with van der Waals surface area (Å²) in [5.74, 6) is 0. The molecule has 1 N–H and O–H groups in total. The lowest BCUT2D eigenvalue weighted by molar-refractivity contribution is -0.385. The standard InChI is InChI=1S/C15H14F3N3O4S/c1-10-5-6-12(21(22)23)9-13(10)26(24,25)20-14(15(16,17)18)8-11-4-2-3-7-19-11/h2-7,9,14,20H,8H2,1H3/t14-/m1/s1. The van der Waals surface area contributed by atoms with Crippen molar-refractivity contribution < 1.29 is 26.5 Å². The normalized spacial score (nSPS) is 13.4. The first kappa shape index (κ1) is 19.8. The SMILES string of the molecule is Cc1ccc([N+](=O)[O-])cc1S(=O)(=O)N[C@H](Cc1ccccn1)C(F)(F)F. The van der Waals surface area contributed by atoms with Crippen LogP contribution in [0.5, 0.6) is 0 Å². The first-order valence-electron chi connectivity index (χ1n) is 7.24. The van der Waals surface area contributed by atoms with E-state index >= 15 is 0 Å². The number of hydrogen-bond acceptors (Lipinski definition) is 5. The fourth-order valence-electron chi connectivity index (χ4n) is 2.19. The second-order valence-electron chi connectivity index (χ2n) is 5.45. The third-order valence-corrected chi connectivity index (χ3v) is 5.12. The van der Waals surface area contributed by atoms with Crippen LogP contribution in [0.25, 0.3) is 0 Å². The van der Waals surface area contributed by atoms with E-state index in [1.807, 2.05) is 0 Å². The molecule has 0 spiro atoms. The topological polar surface area (TPSA) is 102 Å². The lowest BCUT2D eigenvalue weighted by atomic mass is 10.1. The molecule has 7 nitrogen and oxygen atoms in total. The van der Waals surface area contributed by atoms with Crippen molar-refractivity contribution in [3.8, 4) is 0 Å². The Bertz CT molecular complexity index is 902. The maximum absolute atomic E-state index is 13.3. The Morgan fingerprint density at radius 2 is 1.96 bits per heavy atom. The van der Waals surface area contributed by atoms with Gasteiger partial charge in [0, 0.05) is 30.4 Å². The Morgan fingerprint density at radius 3 is 2.50 bits per heavy atom. The van der Waals surface area contributed by atoms with Crippen LogP contribution in [-0.4, -0.2) is 30.5 Å². The number of pyridine rings is 1. The lowest BCUT2D eigenvalue weighted by Gasteiger charge is -2.21. The first-order valence-corrected chi connectivity index (χ1v) is 8.73. The number of rotatable bonds is 6. The van der Waals surface area contributed by atoms with Crippen LogP contribution in [0, 0.1) is 17.0 Å². The molecule has 0 fully saturated rings. The van der Waals surface area contributed by atoms with Gasteiger partial charge in [0.05, 0.1) is 9.82 Å². The molecule has 1 aromatic carbocycles. The van der Waals surface area contributed by atoms with E-state index in [-0.39, 0.29) is 11.3 Å². The first-order chi connectivity index (χ1) is 12.0. The molecule has 2 rings (SSSR count). The molecule has 0 aliphatic carbocycles. The highest BCUT2D eigenvalue weighted by molar-refractivity contribution is 7.89. The Hall–Kier alpha value is -2.53. The molecule has 0 bridgehead atoms. The molecule has 1 atom stereocenters. The average molecular weight is 389 g/mol. The summed E-state index contributed by atoms with van der Waals surface area (Å²) < 4.78 is 66.3. The molecule has 0 saturated heterocycles. The van der Waals surface area contributed by atoms with E-state index in [1.54, 1.807) is 4.72 Å². The van der Waals surface area contributed by atoms with Crippen molar-refractivity contribution in [2.24, 2.45) is 0 Å². The molecule has 0 saturated carbocycles. The van der Waals surface area contributed by atoms with Gasteiger partial charge in [0.25, 0.3) is 5.69 Å². The van der Waals surface area contributed by atoms with Gasteiger partial charge in [-0.1, -0.05) is 12.1 Å². The third kappa shape index (κ3) is 4.76. The maximum atomic E-state index is 13.3. The van der Waals surface area contributed by atoms with Gasteiger partial charge in [-0.05, 0) is 24.6 Å². The summed E-state index contributed by atoms with van der Waals surface area (Å²) in [5, 5.41) is 10.8. The van der Waals surface area contributed by atoms with Crippen molar-refractivity contribution in [3.05, 3.63) is 64.0 Å². The highest BCUT2D eigenvalue weighted by Crippen LogP contribution is 2.27. The molecule has 2 aromatic rings. The second-order valence-corrected chi connectivity index (χ2v) is 7.13. The molecular weight excluding hydrogens is 375 g/mol. The molecular formula is C15H14F3N3O4S. The van der Waals surface area contributed by atoms with Gasteiger partial charge >= 0.3 is 6.18 Å². The molecule has 11 heteroatoms. The van der Waals surface area contributed by atoms with Crippen molar-refractivity contribution in [2.75, 3.05) is 0 Å². The number of nitro groups is 1. The molecule has 0 aliphatic rings. The largest absolute Gasteiger partial charge is 0.405 e. The van der Waals surface area contributed by atoms with Crippen molar-refractivity contribution in [1.82, 2.24) is 9.71 Å². The van der Waals surface area contributed by atoms with Gasteiger partial charge < -0.3 is 0 Å². The Morgan fingerprint density at radius 1 is 1.27 bits per heavy atom. The highest BCUT2D eigenvalue weighted by Gasteiger charge is 2.43. The van der Waals surface area contributed by atoms with Gasteiger partial charge in [-0.3, -0.25) is 15.1 Å². The molecule has 26 heavy (non-hydrogen) atoms. The number of aryl methyl sites for hydroxylation is 1. The Balaban J connectivity index is 2.38. The van der Waals surface area contributed by atoms with Crippen molar-refractivity contribution >= 4 is 15.7 Å². The minimum atomic E-state index is -4.88. The number of aromatic nitrogens is 1. The summed E-state index contributed by atoms with van der Waals surface area (Å²) in [5.41, 5.74) is -0.403. The van der Waals surface area contributed by atoms with Crippen molar-refractivity contribution in [3.63, 3.8) is 0 Å². The minimum absolute atomic E-state index is 0.0493. The summed E-state index contributed by atoms with van der Waals surface area (Å²) in [6, 6.07) is 4.87. The van der Waals surface area contributed by atoms with Crippen molar-refractivity contribution in [1.29, 1.82) is 0 Å². The van der Waals surface area contributed by atoms with E-state index in [0.29, 0.717) is 0 Å². The van der Waals surface area contributed by atoms with Crippen LogP contribution in [-0.2, 0) is 16.4 Å². The monoisotopic (exact) mass is 389 g/mol. The van der Waals surface area contributed by atoms with E-state index in [4.69, 9.17) is 0 Å². The molecule has 1 aromatic heterocycles. The van der Waals surface area contributed by atoms with Crippen LogP contribution in [0.3, 0.4) is 0 Å². The van der Waals surface area contributed by atoms with Gasteiger partial charge in [0.15, 0.2) is 0 Å². The van der Waals surface area contributed by atoms with E-state index < -0.39 is 44.2 Å². The number of nitrogens with zero attached hydrogens (tertiary/aromatic N) is 2. The van der Waals surface area contributed by atoms with Crippen molar-refractivity contribution in [2.45, 2.75) is 30.5 Å². The molecule has 140 valence electrons. The number of halogens is 3. The zero-order chi connectivity index (χ0) is 19.5. The average Bonchev–Trinajstić information content (AvgIpc) is 2.54. The number of non-ortho nitro benzene ring substituents is 1. The maximum Gasteiger partial charge on any atom is 0.405 e. The van der Waals surface area contributed by atoms with Gasteiger partial charge in [-0.25, -0.2) is 8.42 Å². The van der Waals surface area contributed by atoms with Gasteiger partial charge in [0.1, 0.15) is 6.04 Å². The molecule has 0 radical (unpaired) electrons. The zero-order valence-corrected chi connectivity index (χ0v) is 14.2. The summed E-state index contributed by atoms with van der Waals surface area (Å²) in [4.78, 5) is 13.2. The zero-order valence-electron chi connectivity index (χ0n) is 13.4. The van der Waals surface area contributed by atoms with E-state index in [9.17, 15) is 31.7 Å². The van der Waals surface area contributed by atoms with Gasteiger partial charge in [-0.15, -0.1) is 0 Å². The third-order valence-electron chi connectivity index (χ3n) is 3.50. The van der Waals surface area contributed by atoms with E-state index in [0.717, 1.165) is 18.2 Å². The summed E-state index contributed by atoms with van der Waals surface area (Å²) in [7, 11) is -4.65. The number of sulfonamides is 1. The smallest absolute Gasteiger partial charge is 0.261 e. The predicted molar refractivity (Wildman–Crippen MR) is 85.9 cm³/mol. The molecule has 0 unspecified atom stereocenters. The second kappa shape index (κ2) is 7.38. The fourth-order valence-corrected chi connectivity index (χ4v) is 3.68. The molecule has 0 aliphatic heterocycles. The number of hydrogen-bond donors (Lipinski definition) is 1.